The lowest BCUT2D eigenvalue weighted by atomic mass is 9.77. The molecule has 2 amide bonds. The lowest BCUT2D eigenvalue weighted by Gasteiger charge is -2.39. The second kappa shape index (κ2) is 14.1. The van der Waals surface area contributed by atoms with E-state index in [1.807, 2.05) is 87.5 Å². The maximum Gasteiger partial charge on any atom is 0.409 e. The van der Waals surface area contributed by atoms with Gasteiger partial charge in [-0.25, -0.2) is 4.79 Å². The fourth-order valence-electron chi connectivity index (χ4n) is 5.60. The van der Waals surface area contributed by atoms with Crippen LogP contribution in [0.3, 0.4) is 0 Å². The number of likely N-dealkylation sites (tertiary alicyclic amines) is 1. The maximum atomic E-state index is 13.0. The molecule has 3 aromatic rings. The van der Waals surface area contributed by atoms with Crippen LogP contribution in [0, 0.1) is 5.92 Å². The number of hydrogen-bond donors (Lipinski definition) is 1. The van der Waals surface area contributed by atoms with Gasteiger partial charge in [-0.05, 0) is 92.6 Å². The number of hydrogen-bond acceptors (Lipinski definition) is 6. The van der Waals surface area contributed by atoms with Gasteiger partial charge in [-0.15, -0.1) is 0 Å². The van der Waals surface area contributed by atoms with E-state index in [-0.39, 0.29) is 30.4 Å². The standard InChI is InChI=1S/C28H36N2O6.C6H5Cl/c1-18(2)36-25-15-20-17-30(26(31)16-19(20)14-24(25)34-4)23-8-6-21(7-9-23)28(3,33)22-10-12-29(13-11-22)27(32)35-5;7-6-4-2-1-3-5-6/h6-9,14-15,18,22,33H,10-13,16-17H2,1-5H3;1-5H. The lowest BCUT2D eigenvalue weighted by Crippen LogP contribution is -2.44. The van der Waals surface area contributed by atoms with Crippen molar-refractivity contribution in [3.8, 4) is 11.5 Å². The minimum atomic E-state index is -1.04. The molecular formula is C34H41ClN2O6. The largest absolute Gasteiger partial charge is 0.493 e. The second-order valence-corrected chi connectivity index (χ2v) is 11.8. The van der Waals surface area contributed by atoms with Crippen molar-refractivity contribution < 1.29 is 28.9 Å². The third kappa shape index (κ3) is 7.80. The molecule has 0 aromatic heterocycles. The van der Waals surface area contributed by atoms with Crippen molar-refractivity contribution in [1.82, 2.24) is 4.90 Å². The van der Waals surface area contributed by atoms with Crippen LogP contribution in [0.25, 0.3) is 0 Å². The lowest BCUT2D eigenvalue weighted by molar-refractivity contribution is -0.118. The predicted molar refractivity (Wildman–Crippen MR) is 168 cm³/mol. The third-order valence-electron chi connectivity index (χ3n) is 8.04. The van der Waals surface area contributed by atoms with Crippen LogP contribution >= 0.6 is 11.6 Å². The Morgan fingerprint density at radius 1 is 0.977 bits per heavy atom. The van der Waals surface area contributed by atoms with Crippen molar-refractivity contribution in [2.75, 3.05) is 32.2 Å². The monoisotopic (exact) mass is 608 g/mol. The molecule has 2 aliphatic rings. The first kappa shape index (κ1) is 32.2. The molecule has 8 nitrogen and oxygen atoms in total. The first-order valence-corrected chi connectivity index (χ1v) is 14.9. The number of fused-ring (bicyclic) bond motifs is 1. The molecule has 1 N–H and O–H groups in total. The molecule has 5 rings (SSSR count). The Kier molecular flexibility index (Phi) is 10.6. The van der Waals surface area contributed by atoms with Gasteiger partial charge < -0.3 is 29.1 Å². The third-order valence-corrected chi connectivity index (χ3v) is 8.29. The average Bonchev–Trinajstić information content (AvgIpc) is 3.00. The number of carbonyl (C=O) groups is 2. The van der Waals surface area contributed by atoms with Crippen LogP contribution in [0.4, 0.5) is 10.5 Å². The summed E-state index contributed by atoms with van der Waals surface area (Å²) in [5.41, 5.74) is 2.51. The predicted octanol–water partition coefficient (Wildman–Crippen LogP) is 6.60. The molecular weight excluding hydrogens is 568 g/mol. The van der Waals surface area contributed by atoms with E-state index < -0.39 is 5.60 Å². The van der Waals surface area contributed by atoms with E-state index in [1.54, 1.807) is 16.9 Å². The quantitative estimate of drug-likeness (QED) is 0.339. The fourth-order valence-corrected chi connectivity index (χ4v) is 5.74. The first-order valence-electron chi connectivity index (χ1n) is 14.6. The molecule has 1 unspecified atom stereocenters. The Hall–Kier alpha value is -3.75. The molecule has 0 aliphatic carbocycles. The van der Waals surface area contributed by atoms with Gasteiger partial charge in [0.25, 0.3) is 0 Å². The van der Waals surface area contributed by atoms with Crippen LogP contribution in [0.2, 0.25) is 5.02 Å². The van der Waals surface area contributed by atoms with Crippen LogP contribution < -0.4 is 14.4 Å². The molecule has 0 spiro atoms. The number of halogens is 1. The zero-order valence-electron chi connectivity index (χ0n) is 25.5. The van der Waals surface area contributed by atoms with E-state index in [0.29, 0.717) is 44.0 Å². The average molecular weight is 609 g/mol. The molecule has 230 valence electrons. The second-order valence-electron chi connectivity index (χ2n) is 11.3. The maximum absolute atomic E-state index is 13.0. The number of piperidine rings is 1. The van der Waals surface area contributed by atoms with E-state index >= 15 is 0 Å². The van der Waals surface area contributed by atoms with Gasteiger partial charge in [-0.2, -0.15) is 0 Å². The van der Waals surface area contributed by atoms with Gasteiger partial charge in [-0.3, -0.25) is 4.79 Å². The van der Waals surface area contributed by atoms with Gasteiger partial charge in [0, 0.05) is 23.8 Å². The number of anilines is 1. The molecule has 43 heavy (non-hydrogen) atoms. The number of aliphatic hydroxyl groups is 1. The zero-order chi connectivity index (χ0) is 31.1. The van der Waals surface area contributed by atoms with Crippen LogP contribution in [-0.4, -0.2) is 55.4 Å². The van der Waals surface area contributed by atoms with E-state index in [9.17, 15) is 14.7 Å². The Morgan fingerprint density at radius 2 is 1.60 bits per heavy atom. The van der Waals surface area contributed by atoms with Crippen LogP contribution in [0.5, 0.6) is 11.5 Å². The highest BCUT2D eigenvalue weighted by molar-refractivity contribution is 6.30. The summed E-state index contributed by atoms with van der Waals surface area (Å²) in [5.74, 6) is 1.33. The SMILES string of the molecule is COC(=O)N1CCC(C(C)(O)c2ccc(N3Cc4cc(OC(C)C)c(OC)cc4CC3=O)cc2)CC1.Clc1ccccc1. The summed E-state index contributed by atoms with van der Waals surface area (Å²) in [4.78, 5) is 28.2. The Bertz CT molecular complexity index is 1390. The molecule has 9 heteroatoms. The van der Waals surface area contributed by atoms with Gasteiger partial charge >= 0.3 is 6.09 Å². The summed E-state index contributed by atoms with van der Waals surface area (Å²) in [6.07, 6.45) is 1.34. The van der Waals surface area contributed by atoms with Crippen molar-refractivity contribution in [2.45, 2.75) is 58.3 Å². The minimum Gasteiger partial charge on any atom is -0.493 e. The van der Waals surface area contributed by atoms with E-state index in [4.69, 9.17) is 25.8 Å². The van der Waals surface area contributed by atoms with Crippen molar-refractivity contribution in [3.63, 3.8) is 0 Å². The number of rotatable bonds is 6. The fraction of sp³-hybridized carbons (Fsp3) is 0.412. The highest BCUT2D eigenvalue weighted by Gasteiger charge is 2.37. The number of amides is 2. The highest BCUT2D eigenvalue weighted by atomic mass is 35.5. The molecule has 0 radical (unpaired) electrons. The van der Waals surface area contributed by atoms with Gasteiger partial charge in [0.2, 0.25) is 5.91 Å². The molecule has 1 fully saturated rings. The van der Waals surface area contributed by atoms with Crippen molar-refractivity contribution >= 4 is 29.3 Å². The Labute approximate surface area is 259 Å². The van der Waals surface area contributed by atoms with Crippen molar-refractivity contribution in [2.24, 2.45) is 5.92 Å². The molecule has 1 atom stereocenters. The van der Waals surface area contributed by atoms with Gasteiger partial charge in [0.15, 0.2) is 11.5 Å². The van der Waals surface area contributed by atoms with Crippen LogP contribution in [0.1, 0.15) is 50.3 Å². The van der Waals surface area contributed by atoms with Crippen molar-refractivity contribution in [1.29, 1.82) is 0 Å². The summed E-state index contributed by atoms with van der Waals surface area (Å²) in [7, 11) is 2.98. The van der Waals surface area contributed by atoms with E-state index in [1.165, 1.54) is 7.11 Å². The molecule has 1 saturated heterocycles. The summed E-state index contributed by atoms with van der Waals surface area (Å²) in [6.45, 7) is 7.31. The number of ether oxygens (including phenoxy) is 3. The van der Waals surface area contributed by atoms with Gasteiger partial charge in [-0.1, -0.05) is 41.9 Å². The zero-order valence-corrected chi connectivity index (χ0v) is 26.3. The minimum absolute atomic E-state index is 0.00585. The number of nitrogens with zero attached hydrogens (tertiary/aromatic N) is 2. The molecule has 2 heterocycles. The number of benzene rings is 3. The molecule has 0 bridgehead atoms. The first-order chi connectivity index (χ1) is 20.5. The topological polar surface area (TPSA) is 88.5 Å². The van der Waals surface area contributed by atoms with Gasteiger partial charge in [0.1, 0.15) is 0 Å². The smallest absolute Gasteiger partial charge is 0.409 e. The molecule has 0 saturated carbocycles. The Balaban J connectivity index is 0.000000530. The highest BCUT2D eigenvalue weighted by Crippen LogP contribution is 2.39. The van der Waals surface area contributed by atoms with Crippen LogP contribution in [-0.2, 0) is 28.1 Å². The number of carbonyl (C=O) groups excluding carboxylic acids is 2. The summed E-state index contributed by atoms with van der Waals surface area (Å²) in [5, 5.41) is 12.2. The summed E-state index contributed by atoms with van der Waals surface area (Å²) < 4.78 is 16.2. The van der Waals surface area contributed by atoms with E-state index in [0.717, 1.165) is 27.4 Å². The van der Waals surface area contributed by atoms with Gasteiger partial charge in [0.05, 0.1) is 38.9 Å². The molecule has 2 aliphatic heterocycles. The van der Waals surface area contributed by atoms with Crippen molar-refractivity contribution in [3.05, 3.63) is 88.4 Å². The molecule has 3 aromatic carbocycles. The summed E-state index contributed by atoms with van der Waals surface area (Å²) >= 11 is 5.54. The number of methoxy groups -OCH3 is 2. The van der Waals surface area contributed by atoms with E-state index in [2.05, 4.69) is 0 Å². The summed E-state index contributed by atoms with van der Waals surface area (Å²) in [6, 6.07) is 20.9. The Morgan fingerprint density at radius 3 is 2.14 bits per heavy atom. The normalized spacial score (nSPS) is 16.5. The van der Waals surface area contributed by atoms with Crippen LogP contribution in [0.15, 0.2) is 66.7 Å².